The van der Waals surface area contributed by atoms with Gasteiger partial charge in [-0.15, -0.1) is 0 Å². The maximum absolute atomic E-state index is 13.3. The van der Waals surface area contributed by atoms with Gasteiger partial charge in [0.1, 0.15) is 36.2 Å². The standard InChI is InChI=1S/C27H38N6O12S/c28-17(13-46)24(42)32-18(5-7-22(38)39)25(43)29-10-21(37)31-20(9-14-1-3-16(36)4-2-14)27(45)33-19(6-8-23(40)41)26(44)30-15(11-34)12-35/h1-4,11,15,17-20,35-36,46H,5-10,12-13,28H2,(H,29,43)(H,30,44)(H,31,37)(H,32,42)(H,33,45)(H,38,39)(H,40,41)/t15-,17+,18+,19+,20+/m1/s1. The smallest absolute Gasteiger partial charge is 0.303 e. The van der Waals surface area contributed by atoms with Crippen molar-refractivity contribution in [2.45, 2.75) is 62.3 Å². The minimum Gasteiger partial charge on any atom is -0.508 e. The third-order valence-corrected chi connectivity index (χ3v) is 6.63. The number of phenolic OH excluding ortho intramolecular Hbond substituents is 1. The van der Waals surface area contributed by atoms with Crippen LogP contribution < -0.4 is 32.3 Å². The number of nitrogens with one attached hydrogen (secondary N) is 5. The van der Waals surface area contributed by atoms with Gasteiger partial charge in [-0.2, -0.15) is 12.6 Å². The van der Waals surface area contributed by atoms with E-state index in [0.717, 1.165) is 0 Å². The average molecular weight is 671 g/mol. The predicted octanol–water partition coefficient (Wildman–Crippen LogP) is -3.83. The number of carboxylic acid groups (broad SMARTS) is 2. The second-order valence-corrected chi connectivity index (χ2v) is 10.3. The number of aliphatic hydroxyl groups is 1. The summed E-state index contributed by atoms with van der Waals surface area (Å²) in [5.74, 6) is -7.26. The number of carbonyl (C=O) groups is 8. The lowest BCUT2D eigenvalue weighted by atomic mass is 10.0. The predicted molar refractivity (Wildman–Crippen MR) is 161 cm³/mol. The van der Waals surface area contributed by atoms with Crippen molar-refractivity contribution in [1.29, 1.82) is 0 Å². The number of nitrogens with two attached hydrogens (primary N) is 1. The van der Waals surface area contributed by atoms with E-state index in [2.05, 4.69) is 39.2 Å². The lowest BCUT2D eigenvalue weighted by Crippen LogP contribution is -2.57. The number of rotatable bonds is 21. The van der Waals surface area contributed by atoms with E-state index in [-0.39, 0.29) is 30.6 Å². The molecule has 0 heterocycles. The summed E-state index contributed by atoms with van der Waals surface area (Å²) in [5.41, 5.74) is 6.03. The normalized spacial score (nSPS) is 13.9. The molecule has 0 aliphatic rings. The summed E-state index contributed by atoms with van der Waals surface area (Å²) in [6, 6.07) is -1.21. The number of hydrogen-bond acceptors (Lipinski definition) is 12. The fraction of sp³-hybridized carbons (Fsp3) is 0.481. The van der Waals surface area contributed by atoms with Crippen LogP contribution in [0, 0.1) is 0 Å². The second kappa shape index (κ2) is 20.3. The molecule has 18 nitrogen and oxygen atoms in total. The van der Waals surface area contributed by atoms with Crippen LogP contribution in [0.25, 0.3) is 0 Å². The number of aliphatic hydroxyl groups excluding tert-OH is 1. The van der Waals surface area contributed by atoms with Crippen molar-refractivity contribution in [1.82, 2.24) is 26.6 Å². The Bertz CT molecular complexity index is 1250. The minimum absolute atomic E-state index is 0.0656. The second-order valence-electron chi connectivity index (χ2n) is 9.92. The van der Waals surface area contributed by atoms with Crippen LogP contribution in [-0.2, 0) is 44.8 Å². The number of aromatic hydroxyl groups is 1. The van der Waals surface area contributed by atoms with Crippen molar-refractivity contribution < 1.29 is 58.8 Å². The third kappa shape index (κ3) is 14.8. The molecule has 0 saturated carbocycles. The molecular formula is C27H38N6O12S. The number of hydrogen-bond donors (Lipinski definition) is 11. The van der Waals surface area contributed by atoms with Gasteiger partial charge in [-0.05, 0) is 30.5 Å². The summed E-state index contributed by atoms with van der Waals surface area (Å²) in [7, 11) is 0. The molecule has 11 N–H and O–H groups in total. The van der Waals surface area contributed by atoms with Gasteiger partial charge in [-0.3, -0.25) is 33.6 Å². The Labute approximate surface area is 268 Å². The molecule has 0 saturated heterocycles. The monoisotopic (exact) mass is 670 g/mol. The van der Waals surface area contributed by atoms with Crippen LogP contribution in [-0.4, -0.2) is 117 Å². The van der Waals surface area contributed by atoms with Crippen LogP contribution in [0.15, 0.2) is 24.3 Å². The van der Waals surface area contributed by atoms with Gasteiger partial charge in [0.15, 0.2) is 0 Å². The summed E-state index contributed by atoms with van der Waals surface area (Å²) in [5, 5.41) is 48.3. The molecule has 46 heavy (non-hydrogen) atoms. The van der Waals surface area contributed by atoms with Crippen molar-refractivity contribution in [2.24, 2.45) is 5.73 Å². The van der Waals surface area contributed by atoms with E-state index in [1.54, 1.807) is 0 Å². The van der Waals surface area contributed by atoms with Crippen LogP contribution >= 0.6 is 12.6 Å². The molecule has 0 radical (unpaired) electrons. The van der Waals surface area contributed by atoms with Crippen molar-refractivity contribution >= 4 is 60.4 Å². The highest BCUT2D eigenvalue weighted by molar-refractivity contribution is 7.80. The minimum atomic E-state index is -1.50. The number of aliphatic carboxylic acids is 2. The first kappa shape index (κ1) is 39.3. The van der Waals surface area contributed by atoms with E-state index < -0.39 is 104 Å². The number of benzene rings is 1. The molecule has 5 atom stereocenters. The van der Waals surface area contributed by atoms with Crippen LogP contribution in [0.4, 0.5) is 0 Å². The van der Waals surface area contributed by atoms with Gasteiger partial charge in [0.05, 0.1) is 19.2 Å². The van der Waals surface area contributed by atoms with Crippen LogP contribution in [0.2, 0.25) is 0 Å². The summed E-state index contributed by atoms with van der Waals surface area (Å²) < 4.78 is 0. The van der Waals surface area contributed by atoms with E-state index in [1.807, 2.05) is 0 Å². The summed E-state index contributed by atoms with van der Waals surface area (Å²) >= 11 is 3.90. The van der Waals surface area contributed by atoms with E-state index in [4.69, 9.17) is 15.9 Å². The van der Waals surface area contributed by atoms with Crippen molar-refractivity contribution in [3.05, 3.63) is 29.8 Å². The van der Waals surface area contributed by atoms with Crippen molar-refractivity contribution in [3.8, 4) is 5.75 Å². The highest BCUT2D eigenvalue weighted by Crippen LogP contribution is 2.12. The Morgan fingerprint density at radius 2 is 1.30 bits per heavy atom. The van der Waals surface area contributed by atoms with Crippen LogP contribution in [0.3, 0.4) is 0 Å². The largest absolute Gasteiger partial charge is 0.508 e. The van der Waals surface area contributed by atoms with Gasteiger partial charge in [0, 0.05) is 25.0 Å². The first-order chi connectivity index (χ1) is 21.7. The Morgan fingerprint density at radius 1 is 0.783 bits per heavy atom. The Hall–Kier alpha value is -4.75. The number of thiol groups is 1. The molecule has 0 aliphatic carbocycles. The number of amides is 5. The number of carbonyl (C=O) groups excluding carboxylic acids is 6. The van der Waals surface area contributed by atoms with Crippen LogP contribution in [0.5, 0.6) is 5.75 Å². The molecule has 0 bridgehead atoms. The van der Waals surface area contributed by atoms with Gasteiger partial charge in [0.2, 0.25) is 29.5 Å². The summed E-state index contributed by atoms with van der Waals surface area (Å²) in [6.45, 7) is -1.50. The van der Waals surface area contributed by atoms with Gasteiger partial charge < -0.3 is 57.5 Å². The van der Waals surface area contributed by atoms with Gasteiger partial charge in [-0.1, -0.05) is 12.1 Å². The molecule has 0 fully saturated rings. The van der Waals surface area contributed by atoms with Gasteiger partial charge in [0.25, 0.3) is 0 Å². The summed E-state index contributed by atoms with van der Waals surface area (Å²) in [6.07, 6.45) is -1.78. The fourth-order valence-electron chi connectivity index (χ4n) is 3.73. The molecule has 0 spiro atoms. The van der Waals surface area contributed by atoms with Crippen molar-refractivity contribution in [2.75, 3.05) is 18.9 Å². The lowest BCUT2D eigenvalue weighted by Gasteiger charge is -2.24. The molecule has 254 valence electrons. The maximum Gasteiger partial charge on any atom is 0.303 e. The average Bonchev–Trinajstić information content (AvgIpc) is 3.02. The zero-order valence-electron chi connectivity index (χ0n) is 24.5. The molecule has 1 rings (SSSR count). The third-order valence-electron chi connectivity index (χ3n) is 6.23. The van der Waals surface area contributed by atoms with Gasteiger partial charge >= 0.3 is 11.9 Å². The Balaban J connectivity index is 3.12. The van der Waals surface area contributed by atoms with Crippen LogP contribution in [0.1, 0.15) is 31.2 Å². The topological polar surface area (TPSA) is 304 Å². The molecule has 1 aromatic rings. The number of aldehydes is 1. The zero-order chi connectivity index (χ0) is 34.8. The molecule has 5 amide bonds. The summed E-state index contributed by atoms with van der Waals surface area (Å²) in [4.78, 5) is 97.0. The maximum atomic E-state index is 13.3. The highest BCUT2D eigenvalue weighted by Gasteiger charge is 2.29. The van der Waals surface area contributed by atoms with Crippen molar-refractivity contribution in [3.63, 3.8) is 0 Å². The SMILES string of the molecule is N[C@@H](CS)C(=O)N[C@@H](CCC(=O)O)C(=O)NCC(=O)N[C@@H](Cc1ccc(O)cc1)C(=O)N[C@@H](CCC(=O)O)C(=O)N[C@H](C=O)CO. The Morgan fingerprint density at radius 3 is 1.80 bits per heavy atom. The fourth-order valence-corrected chi connectivity index (χ4v) is 3.89. The van der Waals surface area contributed by atoms with E-state index >= 15 is 0 Å². The molecule has 19 heteroatoms. The van der Waals surface area contributed by atoms with Gasteiger partial charge in [-0.25, -0.2) is 0 Å². The lowest BCUT2D eigenvalue weighted by molar-refractivity contribution is -0.139. The highest BCUT2D eigenvalue weighted by atomic mass is 32.1. The molecule has 1 aromatic carbocycles. The van der Waals surface area contributed by atoms with E-state index in [9.17, 15) is 48.6 Å². The molecule has 0 aromatic heterocycles. The first-order valence-electron chi connectivity index (χ1n) is 13.8. The van der Waals surface area contributed by atoms with E-state index in [1.165, 1.54) is 24.3 Å². The zero-order valence-corrected chi connectivity index (χ0v) is 25.4. The molecule has 0 aliphatic heterocycles. The molecule has 0 unspecified atom stereocenters. The number of carboxylic acids is 2. The molecular weight excluding hydrogens is 632 g/mol. The number of phenols is 1. The Kier molecular flexibility index (Phi) is 17.3. The first-order valence-corrected chi connectivity index (χ1v) is 14.5. The van der Waals surface area contributed by atoms with E-state index in [0.29, 0.717) is 5.56 Å². The quantitative estimate of drug-likeness (QED) is 0.0442.